The van der Waals surface area contributed by atoms with Crippen molar-refractivity contribution in [1.82, 2.24) is 0 Å². The molecule has 3 aromatic rings. The summed E-state index contributed by atoms with van der Waals surface area (Å²) in [4.78, 5) is 25.1. The number of ether oxygens (including phenoxy) is 3. The highest BCUT2D eigenvalue weighted by atomic mass is 32.1. The highest BCUT2D eigenvalue weighted by molar-refractivity contribution is 7.15. The average Bonchev–Trinajstić information content (AvgIpc) is 3.28. The van der Waals surface area contributed by atoms with Crippen LogP contribution in [0.3, 0.4) is 0 Å². The van der Waals surface area contributed by atoms with Gasteiger partial charge in [-0.15, -0.1) is 11.3 Å². The molecule has 3 rings (SSSR count). The van der Waals surface area contributed by atoms with Crippen molar-refractivity contribution in [2.45, 2.75) is 39.5 Å². The third kappa shape index (κ3) is 6.84. The van der Waals surface area contributed by atoms with Crippen LogP contribution >= 0.6 is 11.3 Å². The van der Waals surface area contributed by atoms with Crippen LogP contribution in [-0.2, 0) is 16.0 Å². The summed E-state index contributed by atoms with van der Waals surface area (Å²) in [7, 11) is 1.33. The summed E-state index contributed by atoms with van der Waals surface area (Å²) >= 11 is 1.31. The SMILES string of the molecule is CCCOc1ccc(-c2csc(NC(=O)CCCOc3ccc(CC)cc3)c2C(=O)OC)cc1. The third-order valence-electron chi connectivity index (χ3n) is 5.22. The van der Waals surface area contributed by atoms with Crippen LogP contribution in [0.4, 0.5) is 5.00 Å². The van der Waals surface area contributed by atoms with Gasteiger partial charge in [-0.25, -0.2) is 4.79 Å². The molecule has 0 aliphatic heterocycles. The van der Waals surface area contributed by atoms with E-state index in [9.17, 15) is 9.59 Å². The minimum Gasteiger partial charge on any atom is -0.494 e. The fourth-order valence-electron chi connectivity index (χ4n) is 3.35. The maximum absolute atomic E-state index is 12.5. The molecular formula is C27H31NO5S. The van der Waals surface area contributed by atoms with E-state index < -0.39 is 5.97 Å². The van der Waals surface area contributed by atoms with Gasteiger partial charge in [0.15, 0.2) is 0 Å². The van der Waals surface area contributed by atoms with Crippen molar-refractivity contribution < 1.29 is 23.8 Å². The lowest BCUT2D eigenvalue weighted by Gasteiger charge is -2.09. The smallest absolute Gasteiger partial charge is 0.341 e. The number of rotatable bonds is 12. The number of aryl methyl sites for hydroxylation is 1. The normalized spacial score (nSPS) is 10.6. The molecule has 0 spiro atoms. The van der Waals surface area contributed by atoms with Gasteiger partial charge in [-0.05, 0) is 54.7 Å². The highest BCUT2D eigenvalue weighted by Crippen LogP contribution is 2.37. The lowest BCUT2D eigenvalue weighted by Crippen LogP contribution is -2.14. The van der Waals surface area contributed by atoms with Crippen LogP contribution in [0.1, 0.15) is 49.0 Å². The number of carbonyl (C=O) groups is 2. The number of esters is 1. The fourth-order valence-corrected chi connectivity index (χ4v) is 4.32. The molecule has 0 atom stereocenters. The molecule has 0 aliphatic carbocycles. The van der Waals surface area contributed by atoms with Crippen molar-refractivity contribution in [3.63, 3.8) is 0 Å². The molecule has 0 aliphatic rings. The molecular weight excluding hydrogens is 450 g/mol. The van der Waals surface area contributed by atoms with Crippen LogP contribution < -0.4 is 14.8 Å². The predicted octanol–water partition coefficient (Wildman–Crippen LogP) is 6.35. The molecule has 0 radical (unpaired) electrons. The molecule has 0 saturated heterocycles. The first-order chi connectivity index (χ1) is 16.5. The molecule has 0 bridgehead atoms. The monoisotopic (exact) mass is 481 g/mol. The van der Waals surface area contributed by atoms with E-state index in [0.29, 0.717) is 35.8 Å². The summed E-state index contributed by atoms with van der Waals surface area (Å²) in [5, 5.41) is 5.20. The average molecular weight is 482 g/mol. The molecule has 0 unspecified atom stereocenters. The maximum atomic E-state index is 12.5. The Morgan fingerprint density at radius 1 is 0.912 bits per heavy atom. The van der Waals surface area contributed by atoms with Crippen molar-refractivity contribution in [2.75, 3.05) is 25.6 Å². The first-order valence-corrected chi connectivity index (χ1v) is 12.4. The Morgan fingerprint density at radius 3 is 2.18 bits per heavy atom. The molecule has 180 valence electrons. The number of benzene rings is 2. The van der Waals surface area contributed by atoms with Crippen molar-refractivity contribution in [2.24, 2.45) is 0 Å². The van der Waals surface area contributed by atoms with Crippen molar-refractivity contribution in [1.29, 1.82) is 0 Å². The van der Waals surface area contributed by atoms with Crippen LogP contribution in [0.25, 0.3) is 11.1 Å². The van der Waals surface area contributed by atoms with Gasteiger partial charge in [0.2, 0.25) is 5.91 Å². The molecule has 7 heteroatoms. The fraction of sp³-hybridized carbons (Fsp3) is 0.333. The van der Waals surface area contributed by atoms with Crippen molar-refractivity contribution >= 4 is 28.2 Å². The lowest BCUT2D eigenvalue weighted by atomic mass is 10.0. The van der Waals surface area contributed by atoms with Crippen LogP contribution in [0, 0.1) is 0 Å². The predicted molar refractivity (Wildman–Crippen MR) is 136 cm³/mol. The number of hydrogen-bond donors (Lipinski definition) is 1. The zero-order chi connectivity index (χ0) is 24.3. The van der Waals surface area contributed by atoms with Gasteiger partial charge in [-0.1, -0.05) is 38.1 Å². The summed E-state index contributed by atoms with van der Waals surface area (Å²) in [5.74, 6) is 0.903. The second kappa shape index (κ2) is 12.8. The van der Waals surface area contributed by atoms with Crippen LogP contribution in [0.15, 0.2) is 53.9 Å². The quantitative estimate of drug-likeness (QED) is 0.241. The Hall–Kier alpha value is -3.32. The second-order valence-corrected chi connectivity index (χ2v) is 8.60. The Morgan fingerprint density at radius 2 is 1.56 bits per heavy atom. The van der Waals surface area contributed by atoms with Crippen LogP contribution in [0.2, 0.25) is 0 Å². The number of thiophene rings is 1. The Balaban J connectivity index is 1.60. The summed E-state index contributed by atoms with van der Waals surface area (Å²) in [6.45, 7) is 5.24. The highest BCUT2D eigenvalue weighted by Gasteiger charge is 2.22. The number of hydrogen-bond acceptors (Lipinski definition) is 6. The number of carbonyl (C=O) groups excluding carboxylic acids is 2. The largest absolute Gasteiger partial charge is 0.494 e. The molecule has 2 aromatic carbocycles. The summed E-state index contributed by atoms with van der Waals surface area (Å²) in [6, 6.07) is 15.5. The number of anilines is 1. The van der Waals surface area contributed by atoms with E-state index in [2.05, 4.69) is 19.2 Å². The van der Waals surface area contributed by atoms with E-state index in [4.69, 9.17) is 14.2 Å². The Bertz CT molecular complexity index is 1070. The van der Waals surface area contributed by atoms with Gasteiger partial charge in [0.1, 0.15) is 22.1 Å². The molecule has 0 saturated carbocycles. The van der Waals surface area contributed by atoms with E-state index in [1.165, 1.54) is 24.0 Å². The van der Waals surface area contributed by atoms with Gasteiger partial charge in [0, 0.05) is 17.4 Å². The molecule has 1 N–H and O–H groups in total. The molecule has 1 aromatic heterocycles. The number of amides is 1. The standard InChI is InChI=1S/C27H31NO5S/c1-4-16-32-22-14-10-20(11-15-22)23-18-34-26(25(23)27(30)31-3)28-24(29)7-6-17-33-21-12-8-19(5-2)9-13-21/h8-15,18H,4-7,16-17H2,1-3H3,(H,28,29). The van der Waals surface area contributed by atoms with Gasteiger partial charge >= 0.3 is 5.97 Å². The van der Waals surface area contributed by atoms with Crippen molar-refractivity contribution in [3.8, 4) is 22.6 Å². The first-order valence-electron chi connectivity index (χ1n) is 11.5. The third-order valence-corrected chi connectivity index (χ3v) is 6.12. The topological polar surface area (TPSA) is 73.9 Å². The zero-order valence-electron chi connectivity index (χ0n) is 19.9. The summed E-state index contributed by atoms with van der Waals surface area (Å²) in [5.41, 5.74) is 3.18. The van der Waals surface area contributed by atoms with Gasteiger partial charge in [0.25, 0.3) is 0 Å². The van der Waals surface area contributed by atoms with Gasteiger partial charge in [-0.2, -0.15) is 0 Å². The number of methoxy groups -OCH3 is 1. The van der Waals surface area contributed by atoms with E-state index in [1.54, 1.807) is 0 Å². The van der Waals surface area contributed by atoms with Crippen LogP contribution in [0.5, 0.6) is 11.5 Å². The van der Waals surface area contributed by atoms with Crippen LogP contribution in [-0.4, -0.2) is 32.2 Å². The second-order valence-electron chi connectivity index (χ2n) is 7.72. The maximum Gasteiger partial charge on any atom is 0.341 e. The minimum absolute atomic E-state index is 0.174. The lowest BCUT2D eigenvalue weighted by molar-refractivity contribution is -0.116. The minimum atomic E-state index is -0.489. The molecule has 1 heterocycles. The van der Waals surface area contributed by atoms with Gasteiger partial charge in [0.05, 0.1) is 20.3 Å². The van der Waals surface area contributed by atoms with E-state index in [-0.39, 0.29) is 12.3 Å². The van der Waals surface area contributed by atoms with E-state index >= 15 is 0 Å². The Kier molecular flexibility index (Phi) is 9.52. The van der Waals surface area contributed by atoms with Crippen molar-refractivity contribution in [3.05, 3.63) is 65.0 Å². The van der Waals surface area contributed by atoms with Gasteiger partial charge < -0.3 is 19.5 Å². The number of nitrogens with one attached hydrogen (secondary N) is 1. The van der Waals surface area contributed by atoms with E-state index in [1.807, 2.05) is 53.9 Å². The Labute approximate surface area is 204 Å². The molecule has 34 heavy (non-hydrogen) atoms. The summed E-state index contributed by atoms with van der Waals surface area (Å²) in [6.07, 6.45) is 2.76. The molecule has 6 nitrogen and oxygen atoms in total. The summed E-state index contributed by atoms with van der Waals surface area (Å²) < 4.78 is 16.3. The van der Waals surface area contributed by atoms with E-state index in [0.717, 1.165) is 29.9 Å². The first kappa shape index (κ1) is 25.3. The molecule has 1 amide bonds. The zero-order valence-corrected chi connectivity index (χ0v) is 20.7. The van der Waals surface area contributed by atoms with Gasteiger partial charge in [-0.3, -0.25) is 4.79 Å². The molecule has 0 fully saturated rings.